The normalized spacial score (nSPS) is 13.0. The summed E-state index contributed by atoms with van der Waals surface area (Å²) in [5, 5.41) is 5.27. The SMILES string of the molecule is C[C@@H](NP(=O)(N[C@H](C)C(=O)OCc1ccccc1)OCCOCn1cnc2c(=O)[nH]c(N)nc21)C(=O)OCc1ccccc1. The summed E-state index contributed by atoms with van der Waals surface area (Å²) in [6.07, 6.45) is 1.37. The minimum atomic E-state index is -4.06. The number of H-pyrrole nitrogens is 1. The zero-order valence-electron chi connectivity index (χ0n) is 24.2. The van der Waals surface area contributed by atoms with Gasteiger partial charge in [-0.2, -0.15) is 4.98 Å². The standard InChI is InChI=1S/C28H34N7O8P/c1-19(26(37)41-15-21-9-5-3-6-10-21)33-44(39,34-20(2)27(38)42-16-22-11-7-4-8-12-22)43-14-13-40-18-35-17-30-23-24(35)31-28(29)32-25(23)36/h3-12,17,19-20H,13-16,18H2,1-2H3,(H2,33,34,39)(H3,29,31,32,36)/t19-,20-/m1/s1. The summed E-state index contributed by atoms with van der Waals surface area (Å²) in [4.78, 5) is 47.8. The van der Waals surface area contributed by atoms with Gasteiger partial charge in [0.25, 0.3) is 5.56 Å². The van der Waals surface area contributed by atoms with Gasteiger partial charge < -0.3 is 24.5 Å². The predicted molar refractivity (Wildman–Crippen MR) is 160 cm³/mol. The molecule has 0 saturated heterocycles. The maximum Gasteiger partial charge on any atom is 0.342 e. The van der Waals surface area contributed by atoms with Crippen molar-refractivity contribution in [3.63, 3.8) is 0 Å². The molecule has 2 aromatic carbocycles. The van der Waals surface area contributed by atoms with E-state index in [0.29, 0.717) is 0 Å². The highest BCUT2D eigenvalue weighted by Crippen LogP contribution is 2.39. The Hall–Kier alpha value is -4.40. The van der Waals surface area contributed by atoms with Gasteiger partial charge in [-0.3, -0.25) is 28.5 Å². The largest absolute Gasteiger partial charge is 0.460 e. The first-order valence-corrected chi connectivity index (χ1v) is 15.3. The Morgan fingerprint density at radius 3 is 2.02 bits per heavy atom. The van der Waals surface area contributed by atoms with E-state index in [1.165, 1.54) is 24.7 Å². The molecular weight excluding hydrogens is 593 g/mol. The number of aromatic nitrogens is 4. The van der Waals surface area contributed by atoms with Crippen molar-refractivity contribution in [1.29, 1.82) is 0 Å². The second-order valence-electron chi connectivity index (χ2n) is 9.65. The Balaban J connectivity index is 1.35. The van der Waals surface area contributed by atoms with E-state index in [9.17, 15) is 18.9 Å². The molecule has 0 saturated carbocycles. The van der Waals surface area contributed by atoms with Crippen LogP contribution in [0.2, 0.25) is 0 Å². The first-order valence-electron chi connectivity index (χ1n) is 13.6. The average Bonchev–Trinajstić information content (AvgIpc) is 3.42. The zero-order valence-corrected chi connectivity index (χ0v) is 25.1. The number of nitrogens with zero attached hydrogens (tertiary/aromatic N) is 3. The molecule has 234 valence electrons. The van der Waals surface area contributed by atoms with Crippen molar-refractivity contribution >= 4 is 36.7 Å². The molecule has 4 rings (SSSR count). The third-order valence-electron chi connectivity index (χ3n) is 6.11. The molecule has 44 heavy (non-hydrogen) atoms. The smallest absolute Gasteiger partial charge is 0.342 e. The number of fused-ring (bicyclic) bond motifs is 1. The van der Waals surface area contributed by atoms with Crippen LogP contribution in [-0.2, 0) is 52.8 Å². The number of hydrogen-bond acceptors (Lipinski definition) is 11. The number of carbonyl (C=O) groups is 2. The molecule has 0 aliphatic carbocycles. The van der Waals surface area contributed by atoms with Gasteiger partial charge in [-0.25, -0.2) is 15.2 Å². The molecule has 0 bridgehead atoms. The van der Waals surface area contributed by atoms with E-state index in [1.807, 2.05) is 36.4 Å². The van der Waals surface area contributed by atoms with Gasteiger partial charge in [0.15, 0.2) is 11.2 Å². The van der Waals surface area contributed by atoms with Crippen LogP contribution in [0.25, 0.3) is 11.2 Å². The number of esters is 2. The lowest BCUT2D eigenvalue weighted by molar-refractivity contribution is -0.147. The van der Waals surface area contributed by atoms with Crippen LogP contribution in [-0.4, -0.2) is 56.8 Å². The minimum Gasteiger partial charge on any atom is -0.460 e. The van der Waals surface area contributed by atoms with E-state index in [4.69, 9.17) is 24.5 Å². The number of benzene rings is 2. The van der Waals surface area contributed by atoms with E-state index in [-0.39, 0.29) is 50.3 Å². The Morgan fingerprint density at radius 2 is 1.48 bits per heavy atom. The first-order chi connectivity index (χ1) is 21.1. The molecule has 0 unspecified atom stereocenters. The summed E-state index contributed by atoms with van der Waals surface area (Å²) in [7, 11) is -4.06. The molecule has 2 heterocycles. The molecule has 0 spiro atoms. The summed E-state index contributed by atoms with van der Waals surface area (Å²) in [6, 6.07) is 16.0. The fraction of sp³-hybridized carbons (Fsp3) is 0.321. The van der Waals surface area contributed by atoms with Crippen LogP contribution >= 0.6 is 7.67 Å². The minimum absolute atomic E-state index is 0.0235. The number of nitrogen functional groups attached to an aromatic ring is 1. The second kappa shape index (κ2) is 15.4. The van der Waals surface area contributed by atoms with E-state index in [0.717, 1.165) is 11.1 Å². The average molecular weight is 628 g/mol. The number of aromatic amines is 1. The summed E-state index contributed by atoms with van der Waals surface area (Å²) >= 11 is 0. The zero-order chi connectivity index (χ0) is 31.5. The highest BCUT2D eigenvalue weighted by molar-refractivity contribution is 7.54. The van der Waals surface area contributed by atoms with Crippen LogP contribution in [0.4, 0.5) is 5.95 Å². The van der Waals surface area contributed by atoms with Gasteiger partial charge in [0.1, 0.15) is 32.0 Å². The van der Waals surface area contributed by atoms with Gasteiger partial charge >= 0.3 is 19.6 Å². The van der Waals surface area contributed by atoms with Crippen LogP contribution in [0, 0.1) is 0 Å². The van der Waals surface area contributed by atoms with Gasteiger partial charge in [-0.1, -0.05) is 60.7 Å². The van der Waals surface area contributed by atoms with Crippen LogP contribution < -0.4 is 21.5 Å². The van der Waals surface area contributed by atoms with Crippen LogP contribution in [0.3, 0.4) is 0 Å². The maximum absolute atomic E-state index is 13.8. The molecule has 5 N–H and O–H groups in total. The molecule has 2 aromatic heterocycles. The van der Waals surface area contributed by atoms with Crippen molar-refractivity contribution in [2.45, 2.75) is 45.9 Å². The summed E-state index contributed by atoms with van der Waals surface area (Å²) in [5.41, 5.74) is 7.02. The van der Waals surface area contributed by atoms with Crippen molar-refractivity contribution in [2.24, 2.45) is 0 Å². The first kappa shape index (κ1) is 32.5. The van der Waals surface area contributed by atoms with Gasteiger partial charge in [-0.15, -0.1) is 0 Å². The Kier molecular flexibility index (Phi) is 11.4. The quantitative estimate of drug-likeness (QED) is 0.0801. The molecule has 0 aliphatic heterocycles. The van der Waals surface area contributed by atoms with Crippen molar-refractivity contribution in [1.82, 2.24) is 29.7 Å². The lowest BCUT2D eigenvalue weighted by atomic mass is 10.2. The Labute approximate surface area is 252 Å². The third-order valence-corrected chi connectivity index (χ3v) is 8.11. The summed E-state index contributed by atoms with van der Waals surface area (Å²) in [6.45, 7) is 2.63. The van der Waals surface area contributed by atoms with Gasteiger partial charge in [0.05, 0.1) is 19.5 Å². The van der Waals surface area contributed by atoms with Crippen molar-refractivity contribution in [3.8, 4) is 0 Å². The summed E-state index contributed by atoms with van der Waals surface area (Å²) in [5.74, 6) is -1.42. The number of carbonyl (C=O) groups excluding carboxylic acids is 2. The molecule has 0 fully saturated rings. The number of nitrogens with two attached hydrogens (primary N) is 1. The third kappa shape index (κ3) is 9.30. The number of imidazole rings is 1. The second-order valence-corrected chi connectivity index (χ2v) is 11.5. The van der Waals surface area contributed by atoms with Gasteiger partial charge in [0, 0.05) is 0 Å². The molecule has 4 aromatic rings. The predicted octanol–water partition coefficient (Wildman–Crippen LogP) is 2.24. The number of hydrogen-bond donors (Lipinski definition) is 4. The van der Waals surface area contributed by atoms with Crippen LogP contribution in [0.5, 0.6) is 0 Å². The van der Waals surface area contributed by atoms with E-state index in [2.05, 4.69) is 25.1 Å². The molecule has 0 radical (unpaired) electrons. The monoisotopic (exact) mass is 627 g/mol. The van der Waals surface area contributed by atoms with Crippen molar-refractivity contribution < 1.29 is 32.9 Å². The molecule has 0 amide bonds. The van der Waals surface area contributed by atoms with Gasteiger partial charge in [0.2, 0.25) is 5.95 Å². The maximum atomic E-state index is 13.8. The lowest BCUT2D eigenvalue weighted by Gasteiger charge is -2.26. The lowest BCUT2D eigenvalue weighted by Crippen LogP contribution is -2.42. The van der Waals surface area contributed by atoms with Gasteiger partial charge in [-0.05, 0) is 25.0 Å². The number of rotatable bonds is 16. The molecule has 0 aliphatic rings. The van der Waals surface area contributed by atoms with Crippen molar-refractivity contribution in [2.75, 3.05) is 18.9 Å². The molecule has 2 atom stereocenters. The topological polar surface area (TPSA) is 202 Å². The van der Waals surface area contributed by atoms with Crippen LogP contribution in [0.15, 0.2) is 71.8 Å². The highest BCUT2D eigenvalue weighted by atomic mass is 31.2. The van der Waals surface area contributed by atoms with E-state index < -0.39 is 37.3 Å². The van der Waals surface area contributed by atoms with Crippen molar-refractivity contribution in [3.05, 3.63) is 88.5 Å². The fourth-order valence-corrected chi connectivity index (χ4v) is 5.67. The molecular formula is C28H34N7O8P. The van der Waals surface area contributed by atoms with E-state index >= 15 is 0 Å². The summed E-state index contributed by atoms with van der Waals surface area (Å²) < 4.78 is 37.2. The number of anilines is 1. The Bertz CT molecular complexity index is 1580. The molecule has 16 heteroatoms. The fourth-order valence-electron chi connectivity index (χ4n) is 3.89. The number of nitrogens with one attached hydrogen (secondary N) is 3. The highest BCUT2D eigenvalue weighted by Gasteiger charge is 2.33. The van der Waals surface area contributed by atoms with Crippen LogP contribution in [0.1, 0.15) is 25.0 Å². The molecule has 15 nitrogen and oxygen atoms in total. The number of ether oxygens (including phenoxy) is 3. The van der Waals surface area contributed by atoms with E-state index in [1.54, 1.807) is 24.3 Å². The Morgan fingerprint density at radius 1 is 0.932 bits per heavy atom.